The molecule has 0 unspecified atom stereocenters. The number of carbonyl (C=O) groups excluding carboxylic acids is 1. The second kappa shape index (κ2) is 4.94. The zero-order valence-corrected chi connectivity index (χ0v) is 10.9. The summed E-state index contributed by atoms with van der Waals surface area (Å²) in [6, 6.07) is 6.89. The van der Waals surface area contributed by atoms with Gasteiger partial charge in [-0.15, -0.1) is 0 Å². The minimum absolute atomic E-state index is 0.141. The molecule has 0 saturated heterocycles. The normalized spacial score (nSPS) is 11.8. The van der Waals surface area contributed by atoms with Gasteiger partial charge >= 0.3 is 6.18 Å². The smallest absolute Gasteiger partial charge is 0.360 e. The van der Waals surface area contributed by atoms with E-state index in [0.29, 0.717) is 10.9 Å². The van der Waals surface area contributed by atoms with Crippen LogP contribution in [0.2, 0.25) is 0 Å². The summed E-state index contributed by atoms with van der Waals surface area (Å²) in [5, 5.41) is 0.422. The van der Waals surface area contributed by atoms with Crippen LogP contribution in [0.5, 0.6) is 0 Å². The van der Waals surface area contributed by atoms with Crippen LogP contribution in [-0.4, -0.2) is 15.8 Å². The average Bonchev–Trinajstić information content (AvgIpc) is 2.88. The number of nitrogens with zero attached hydrogens (tertiary/aromatic N) is 1. The van der Waals surface area contributed by atoms with Gasteiger partial charge in [-0.05, 0) is 30.3 Å². The summed E-state index contributed by atoms with van der Waals surface area (Å²) in [7, 11) is 0. The minimum atomic E-state index is -4.63. The molecule has 112 valence electrons. The maximum atomic E-state index is 13.1. The van der Waals surface area contributed by atoms with Gasteiger partial charge in [-0.1, -0.05) is 6.07 Å². The lowest BCUT2D eigenvalue weighted by molar-refractivity contribution is -0.141. The van der Waals surface area contributed by atoms with Gasteiger partial charge in [0, 0.05) is 22.7 Å². The van der Waals surface area contributed by atoms with Gasteiger partial charge in [0.25, 0.3) is 0 Å². The first kappa shape index (κ1) is 14.2. The van der Waals surface area contributed by atoms with Crippen LogP contribution < -0.4 is 0 Å². The molecule has 0 aliphatic heterocycles. The van der Waals surface area contributed by atoms with Crippen molar-refractivity contribution in [3.05, 3.63) is 65.4 Å². The molecule has 3 aromatic rings. The van der Waals surface area contributed by atoms with Crippen molar-refractivity contribution in [3.8, 4) is 0 Å². The fraction of sp³-hybridized carbons (Fsp3) is 0.0667. The van der Waals surface area contributed by atoms with Crippen LogP contribution in [0.3, 0.4) is 0 Å². The van der Waals surface area contributed by atoms with Gasteiger partial charge in [-0.25, -0.2) is 9.37 Å². The van der Waals surface area contributed by atoms with Crippen LogP contribution in [-0.2, 0) is 6.18 Å². The first-order valence-corrected chi connectivity index (χ1v) is 6.22. The maximum absolute atomic E-state index is 13.1. The summed E-state index contributed by atoms with van der Waals surface area (Å²) in [5.74, 6) is -1.14. The van der Waals surface area contributed by atoms with Gasteiger partial charge in [0.05, 0.1) is 0 Å². The molecule has 0 saturated carbocycles. The third-order valence-electron chi connectivity index (χ3n) is 3.16. The molecule has 2 aromatic heterocycles. The van der Waals surface area contributed by atoms with Crippen molar-refractivity contribution in [2.24, 2.45) is 0 Å². The van der Waals surface area contributed by atoms with Crippen LogP contribution in [0.1, 0.15) is 21.7 Å². The molecule has 0 radical (unpaired) electrons. The molecule has 1 aromatic carbocycles. The van der Waals surface area contributed by atoms with Crippen molar-refractivity contribution in [1.82, 2.24) is 9.97 Å². The highest BCUT2D eigenvalue weighted by Crippen LogP contribution is 2.28. The molecule has 3 nitrogen and oxygen atoms in total. The fourth-order valence-corrected chi connectivity index (χ4v) is 2.14. The molecule has 22 heavy (non-hydrogen) atoms. The van der Waals surface area contributed by atoms with Crippen LogP contribution in [0.15, 0.2) is 42.6 Å². The Balaban J connectivity index is 2.06. The van der Waals surface area contributed by atoms with Crippen LogP contribution in [0.25, 0.3) is 10.9 Å². The highest BCUT2D eigenvalue weighted by atomic mass is 19.4. The number of pyridine rings is 1. The number of benzene rings is 1. The Labute approximate surface area is 121 Å². The van der Waals surface area contributed by atoms with Crippen molar-refractivity contribution in [3.63, 3.8) is 0 Å². The van der Waals surface area contributed by atoms with E-state index >= 15 is 0 Å². The van der Waals surface area contributed by atoms with Crippen LogP contribution >= 0.6 is 0 Å². The molecule has 2 heterocycles. The molecule has 7 heteroatoms. The van der Waals surface area contributed by atoms with E-state index in [-0.39, 0.29) is 11.3 Å². The summed E-state index contributed by atoms with van der Waals surface area (Å²) in [5.41, 5.74) is -0.929. The Kier molecular flexibility index (Phi) is 3.20. The number of nitrogens with one attached hydrogen (secondary N) is 1. The monoisotopic (exact) mass is 308 g/mol. The molecule has 0 atom stereocenters. The Morgan fingerprint density at radius 2 is 1.91 bits per heavy atom. The highest BCUT2D eigenvalue weighted by molar-refractivity contribution is 6.15. The molecule has 0 amide bonds. The summed E-state index contributed by atoms with van der Waals surface area (Å²) in [6.45, 7) is 0. The van der Waals surface area contributed by atoms with E-state index in [2.05, 4.69) is 9.97 Å². The van der Waals surface area contributed by atoms with E-state index in [1.807, 2.05) is 0 Å². The van der Waals surface area contributed by atoms with E-state index in [1.54, 1.807) is 0 Å². The Hall–Kier alpha value is -2.70. The zero-order chi connectivity index (χ0) is 15.9. The SMILES string of the molecule is O=C(c1cccc(C(F)(F)F)n1)c1c[nH]c2cc(F)ccc12. The summed E-state index contributed by atoms with van der Waals surface area (Å²) >= 11 is 0. The van der Waals surface area contributed by atoms with E-state index in [0.717, 1.165) is 12.1 Å². The van der Waals surface area contributed by atoms with Gasteiger partial charge in [-0.2, -0.15) is 13.2 Å². The number of ketones is 1. The number of H-pyrrole nitrogens is 1. The summed E-state index contributed by atoms with van der Waals surface area (Å²) in [4.78, 5) is 18.4. The number of halogens is 4. The summed E-state index contributed by atoms with van der Waals surface area (Å²) in [6.07, 6.45) is -3.30. The van der Waals surface area contributed by atoms with Crippen molar-refractivity contribution in [1.29, 1.82) is 0 Å². The third-order valence-corrected chi connectivity index (χ3v) is 3.16. The average molecular weight is 308 g/mol. The third kappa shape index (κ3) is 2.45. The molecule has 3 rings (SSSR count). The topological polar surface area (TPSA) is 45.8 Å². The van der Waals surface area contributed by atoms with Crippen LogP contribution in [0.4, 0.5) is 17.6 Å². The number of aromatic amines is 1. The van der Waals surface area contributed by atoms with E-state index in [4.69, 9.17) is 0 Å². The van der Waals surface area contributed by atoms with Gasteiger partial charge < -0.3 is 4.98 Å². The second-order valence-corrected chi connectivity index (χ2v) is 4.63. The molecule has 1 N–H and O–H groups in total. The zero-order valence-electron chi connectivity index (χ0n) is 10.9. The maximum Gasteiger partial charge on any atom is 0.433 e. The van der Waals surface area contributed by atoms with Gasteiger partial charge in [0.1, 0.15) is 17.2 Å². The standard InChI is InChI=1S/C15H8F4N2O/c16-8-4-5-9-10(7-20-12(9)6-8)14(22)11-2-1-3-13(21-11)15(17,18)19/h1-7,20H. The first-order valence-electron chi connectivity index (χ1n) is 6.22. The molecule has 0 spiro atoms. The molecular formula is C15H8F4N2O. The number of hydrogen-bond donors (Lipinski definition) is 1. The van der Waals surface area contributed by atoms with Crippen molar-refractivity contribution in [2.45, 2.75) is 6.18 Å². The quantitative estimate of drug-likeness (QED) is 0.575. The minimum Gasteiger partial charge on any atom is -0.360 e. The molecule has 0 bridgehead atoms. The van der Waals surface area contributed by atoms with E-state index in [1.165, 1.54) is 30.5 Å². The fourth-order valence-electron chi connectivity index (χ4n) is 2.14. The molecule has 0 aliphatic rings. The predicted molar refractivity (Wildman–Crippen MR) is 70.9 cm³/mol. The molecular weight excluding hydrogens is 300 g/mol. The predicted octanol–water partition coefficient (Wildman–Crippen LogP) is 3.95. The Morgan fingerprint density at radius 3 is 2.64 bits per heavy atom. The molecule has 0 fully saturated rings. The lowest BCUT2D eigenvalue weighted by atomic mass is 10.1. The lowest BCUT2D eigenvalue weighted by Crippen LogP contribution is -2.12. The Morgan fingerprint density at radius 1 is 1.14 bits per heavy atom. The second-order valence-electron chi connectivity index (χ2n) is 4.63. The number of hydrogen-bond acceptors (Lipinski definition) is 2. The van der Waals surface area contributed by atoms with Crippen molar-refractivity contribution < 1.29 is 22.4 Å². The molecule has 0 aliphatic carbocycles. The largest absolute Gasteiger partial charge is 0.433 e. The number of aromatic nitrogens is 2. The van der Waals surface area contributed by atoms with E-state index < -0.39 is 23.5 Å². The lowest BCUT2D eigenvalue weighted by Gasteiger charge is -2.06. The number of rotatable bonds is 2. The van der Waals surface area contributed by atoms with Crippen LogP contribution in [0, 0.1) is 5.82 Å². The van der Waals surface area contributed by atoms with Crippen molar-refractivity contribution in [2.75, 3.05) is 0 Å². The van der Waals surface area contributed by atoms with Gasteiger partial charge in [0.15, 0.2) is 0 Å². The first-order chi connectivity index (χ1) is 10.4. The van der Waals surface area contributed by atoms with Gasteiger partial charge in [0.2, 0.25) is 5.78 Å². The van der Waals surface area contributed by atoms with E-state index in [9.17, 15) is 22.4 Å². The Bertz CT molecular complexity index is 867. The number of carbonyl (C=O) groups is 1. The number of fused-ring (bicyclic) bond motifs is 1. The van der Waals surface area contributed by atoms with Crippen molar-refractivity contribution >= 4 is 16.7 Å². The van der Waals surface area contributed by atoms with Gasteiger partial charge in [-0.3, -0.25) is 4.79 Å². The number of alkyl halides is 3. The highest BCUT2D eigenvalue weighted by Gasteiger charge is 2.33. The summed E-state index contributed by atoms with van der Waals surface area (Å²) < 4.78 is 51.1.